The van der Waals surface area contributed by atoms with Gasteiger partial charge in [-0.2, -0.15) is 0 Å². The monoisotopic (exact) mass is 144 g/mol. The van der Waals surface area contributed by atoms with E-state index in [1.54, 1.807) is 11.9 Å². The molecule has 0 saturated carbocycles. The second-order valence-electron chi connectivity index (χ2n) is 2.09. The predicted molar refractivity (Wildman–Crippen MR) is 42.8 cm³/mol. The Balaban J connectivity index is 2.23. The Morgan fingerprint density at radius 2 is 2.67 bits per heavy atom. The molecule has 3 heteroatoms. The minimum atomic E-state index is 1.15. The van der Waals surface area contributed by atoms with Crippen molar-refractivity contribution >= 4 is 18.3 Å². The second kappa shape index (κ2) is 3.77. The molecule has 9 heavy (non-hydrogen) atoms. The maximum atomic E-state index is 4.09. The fourth-order valence-corrected chi connectivity index (χ4v) is 1.45. The van der Waals surface area contributed by atoms with E-state index in [9.17, 15) is 0 Å². The van der Waals surface area contributed by atoms with Gasteiger partial charge in [0.15, 0.2) is 0 Å². The van der Waals surface area contributed by atoms with Crippen LogP contribution in [-0.4, -0.2) is 30.1 Å². The van der Waals surface area contributed by atoms with Gasteiger partial charge >= 0.3 is 0 Å². The first-order chi connectivity index (χ1) is 4.43. The Labute approximate surface area is 60.5 Å². The smallest absolute Gasteiger partial charge is 0.0989 e. The molecule has 0 aromatic carbocycles. The van der Waals surface area contributed by atoms with Gasteiger partial charge in [0.05, 0.1) is 6.34 Å². The molecule has 0 bridgehead atoms. The Morgan fingerprint density at radius 3 is 3.22 bits per heavy atom. The zero-order valence-electron chi connectivity index (χ0n) is 5.71. The van der Waals surface area contributed by atoms with Gasteiger partial charge in [0, 0.05) is 18.8 Å². The van der Waals surface area contributed by atoms with Crippen LogP contribution in [0.4, 0.5) is 0 Å². The van der Waals surface area contributed by atoms with E-state index in [-0.39, 0.29) is 0 Å². The van der Waals surface area contributed by atoms with Crippen molar-refractivity contribution in [2.24, 2.45) is 4.40 Å². The summed E-state index contributed by atoms with van der Waals surface area (Å²) in [4.78, 5) is 2.26. The molecule has 0 unspecified atom stereocenters. The molecule has 52 valence electrons. The number of rotatable bonds is 2. The van der Waals surface area contributed by atoms with Crippen LogP contribution in [0.1, 0.15) is 13.3 Å². The molecular formula is C6H12N2S. The van der Waals surface area contributed by atoms with Crippen LogP contribution in [0.5, 0.6) is 0 Å². The highest BCUT2D eigenvalue weighted by molar-refractivity contribution is 7.98. The Kier molecular flexibility index (Phi) is 2.91. The molecule has 0 aliphatic carbocycles. The van der Waals surface area contributed by atoms with Crippen LogP contribution in [0.2, 0.25) is 0 Å². The zero-order valence-corrected chi connectivity index (χ0v) is 6.52. The highest BCUT2D eigenvalue weighted by Gasteiger charge is 2.01. The van der Waals surface area contributed by atoms with Gasteiger partial charge in [0.1, 0.15) is 0 Å². The van der Waals surface area contributed by atoms with Crippen molar-refractivity contribution in [2.45, 2.75) is 13.3 Å². The first-order valence-corrected chi connectivity index (χ1v) is 4.27. The summed E-state index contributed by atoms with van der Waals surface area (Å²) in [6, 6.07) is 0. The molecule has 0 spiro atoms. The Morgan fingerprint density at radius 1 is 1.78 bits per heavy atom. The molecule has 0 amide bonds. The summed E-state index contributed by atoms with van der Waals surface area (Å²) < 4.78 is 4.09. The number of nitrogens with zero attached hydrogens (tertiary/aromatic N) is 2. The normalized spacial score (nSPS) is 18.6. The first kappa shape index (κ1) is 6.93. The quantitative estimate of drug-likeness (QED) is 0.544. The summed E-state index contributed by atoms with van der Waals surface area (Å²) >= 11 is 1.65. The third-order valence-corrected chi connectivity index (χ3v) is 1.87. The van der Waals surface area contributed by atoms with Crippen LogP contribution in [0, 0.1) is 0 Å². The maximum absolute atomic E-state index is 4.09. The number of hydrogen-bond acceptors (Lipinski definition) is 3. The van der Waals surface area contributed by atoms with E-state index < -0.39 is 0 Å². The molecule has 1 rings (SSSR count). The Hall–Kier alpha value is -0.180. The summed E-state index contributed by atoms with van der Waals surface area (Å²) in [5, 5.41) is 0. The van der Waals surface area contributed by atoms with Gasteiger partial charge in [-0.3, -0.25) is 0 Å². The fourth-order valence-electron chi connectivity index (χ4n) is 0.825. The fraction of sp³-hybridized carbons (Fsp3) is 0.833. The zero-order chi connectivity index (χ0) is 6.53. The predicted octanol–water partition coefficient (Wildman–Crippen LogP) is 1.39. The van der Waals surface area contributed by atoms with E-state index in [0.29, 0.717) is 0 Å². The first-order valence-electron chi connectivity index (χ1n) is 3.33. The standard InChI is InChI=1S/C6H12N2S/c1-2-3-8-4-5-9-7-6-8/h6H,2-5H2,1H3. The van der Waals surface area contributed by atoms with E-state index in [0.717, 1.165) is 12.3 Å². The van der Waals surface area contributed by atoms with Crippen molar-refractivity contribution in [3.63, 3.8) is 0 Å². The van der Waals surface area contributed by atoms with Gasteiger partial charge in [-0.05, 0) is 18.4 Å². The molecule has 0 saturated heterocycles. The van der Waals surface area contributed by atoms with E-state index in [2.05, 4.69) is 16.2 Å². The second-order valence-corrected chi connectivity index (χ2v) is 2.97. The van der Waals surface area contributed by atoms with Crippen molar-refractivity contribution in [1.29, 1.82) is 0 Å². The van der Waals surface area contributed by atoms with Crippen LogP contribution in [0.25, 0.3) is 0 Å². The average molecular weight is 144 g/mol. The minimum absolute atomic E-state index is 1.15. The summed E-state index contributed by atoms with van der Waals surface area (Å²) in [5.41, 5.74) is 0. The van der Waals surface area contributed by atoms with Gasteiger partial charge in [-0.25, -0.2) is 4.40 Å². The van der Waals surface area contributed by atoms with Crippen molar-refractivity contribution in [3.05, 3.63) is 0 Å². The summed E-state index contributed by atoms with van der Waals surface area (Å²) in [6.45, 7) is 4.52. The molecular weight excluding hydrogens is 132 g/mol. The lowest BCUT2D eigenvalue weighted by Gasteiger charge is -2.20. The number of hydrogen-bond donors (Lipinski definition) is 0. The highest BCUT2D eigenvalue weighted by Crippen LogP contribution is 2.06. The molecule has 0 radical (unpaired) electrons. The van der Waals surface area contributed by atoms with E-state index >= 15 is 0 Å². The lowest BCUT2D eigenvalue weighted by atomic mass is 10.4. The molecule has 0 N–H and O–H groups in total. The molecule has 0 aromatic rings. The van der Waals surface area contributed by atoms with Crippen LogP contribution >= 0.6 is 11.9 Å². The van der Waals surface area contributed by atoms with Crippen molar-refractivity contribution < 1.29 is 0 Å². The Bertz CT molecular complexity index is 103. The highest BCUT2D eigenvalue weighted by atomic mass is 32.2. The summed E-state index contributed by atoms with van der Waals surface area (Å²) in [7, 11) is 0. The lowest BCUT2D eigenvalue weighted by Crippen LogP contribution is -2.27. The molecule has 0 atom stereocenters. The maximum Gasteiger partial charge on any atom is 0.0989 e. The van der Waals surface area contributed by atoms with Gasteiger partial charge in [0.25, 0.3) is 0 Å². The van der Waals surface area contributed by atoms with E-state index in [1.807, 2.05) is 6.34 Å². The molecule has 1 aliphatic rings. The van der Waals surface area contributed by atoms with Gasteiger partial charge in [-0.1, -0.05) is 6.92 Å². The van der Waals surface area contributed by atoms with Crippen molar-refractivity contribution in [1.82, 2.24) is 4.90 Å². The summed E-state index contributed by atoms with van der Waals surface area (Å²) in [6.07, 6.45) is 3.16. The van der Waals surface area contributed by atoms with Crippen LogP contribution in [-0.2, 0) is 0 Å². The van der Waals surface area contributed by atoms with E-state index in [4.69, 9.17) is 0 Å². The molecule has 0 fully saturated rings. The third kappa shape index (κ3) is 2.26. The van der Waals surface area contributed by atoms with Gasteiger partial charge < -0.3 is 4.90 Å². The summed E-state index contributed by atoms with van der Waals surface area (Å²) in [5.74, 6) is 1.15. The average Bonchev–Trinajstić information content (AvgIpc) is 1.91. The molecule has 0 aromatic heterocycles. The van der Waals surface area contributed by atoms with E-state index in [1.165, 1.54) is 13.0 Å². The van der Waals surface area contributed by atoms with Crippen molar-refractivity contribution in [3.8, 4) is 0 Å². The lowest BCUT2D eigenvalue weighted by molar-refractivity contribution is 0.453. The topological polar surface area (TPSA) is 15.6 Å². The molecule has 1 heterocycles. The third-order valence-electron chi connectivity index (χ3n) is 1.27. The van der Waals surface area contributed by atoms with Crippen LogP contribution in [0.3, 0.4) is 0 Å². The van der Waals surface area contributed by atoms with Gasteiger partial charge in [0.2, 0.25) is 0 Å². The minimum Gasteiger partial charge on any atom is -0.361 e. The van der Waals surface area contributed by atoms with Crippen molar-refractivity contribution in [2.75, 3.05) is 18.8 Å². The molecule has 1 aliphatic heterocycles. The van der Waals surface area contributed by atoms with Crippen LogP contribution in [0.15, 0.2) is 4.40 Å². The van der Waals surface area contributed by atoms with Gasteiger partial charge in [-0.15, -0.1) is 0 Å². The molecule has 2 nitrogen and oxygen atoms in total. The SMILES string of the molecule is CCCN1C=NSCC1. The largest absolute Gasteiger partial charge is 0.361 e. The van der Waals surface area contributed by atoms with Crippen LogP contribution < -0.4 is 0 Å².